The molecule has 3 unspecified atom stereocenters. The van der Waals surface area contributed by atoms with Gasteiger partial charge in [-0.2, -0.15) is 0 Å². The van der Waals surface area contributed by atoms with Crippen molar-refractivity contribution in [1.29, 1.82) is 0 Å². The number of aliphatic hydroxyl groups excluding tert-OH is 1. The third kappa shape index (κ3) is 3.57. The van der Waals surface area contributed by atoms with Crippen LogP contribution < -0.4 is 0 Å². The van der Waals surface area contributed by atoms with E-state index in [0.29, 0.717) is 6.42 Å². The fourth-order valence-corrected chi connectivity index (χ4v) is 3.21. The molecule has 104 valence electrons. The lowest BCUT2D eigenvalue weighted by Gasteiger charge is -2.27. The van der Waals surface area contributed by atoms with Gasteiger partial charge in [0, 0.05) is 10.4 Å². The third-order valence-electron chi connectivity index (χ3n) is 3.95. The quantitative estimate of drug-likeness (QED) is 0.835. The summed E-state index contributed by atoms with van der Waals surface area (Å²) in [5.74, 6) is -1.63. The molecule has 1 fully saturated rings. The van der Waals surface area contributed by atoms with E-state index in [1.807, 2.05) is 24.3 Å². The standard InChI is InChI=1S/C15H19BrO3/c16-11-8-6-10(7-9-11)14(15(18)19)12-4-2-1-3-5-13(12)17/h6-9,12-14,17H,1-5H2,(H,18,19). The highest BCUT2D eigenvalue weighted by Crippen LogP contribution is 2.36. The minimum Gasteiger partial charge on any atom is -0.481 e. The monoisotopic (exact) mass is 326 g/mol. The first-order valence-corrected chi connectivity index (χ1v) is 7.55. The van der Waals surface area contributed by atoms with E-state index >= 15 is 0 Å². The molecule has 1 aromatic carbocycles. The fourth-order valence-electron chi connectivity index (χ4n) is 2.95. The Hall–Kier alpha value is -0.870. The lowest BCUT2D eigenvalue weighted by atomic mass is 9.80. The van der Waals surface area contributed by atoms with Gasteiger partial charge in [0.25, 0.3) is 0 Å². The number of carboxylic acid groups (broad SMARTS) is 1. The molecule has 0 amide bonds. The Labute approximate surface area is 121 Å². The van der Waals surface area contributed by atoms with Gasteiger partial charge in [-0.1, -0.05) is 47.3 Å². The van der Waals surface area contributed by atoms with Gasteiger partial charge in [0.05, 0.1) is 12.0 Å². The molecule has 19 heavy (non-hydrogen) atoms. The van der Waals surface area contributed by atoms with Crippen molar-refractivity contribution in [3.63, 3.8) is 0 Å². The van der Waals surface area contributed by atoms with Crippen LogP contribution in [0.4, 0.5) is 0 Å². The van der Waals surface area contributed by atoms with Gasteiger partial charge in [-0.3, -0.25) is 4.79 Å². The van der Waals surface area contributed by atoms with Gasteiger partial charge in [0.15, 0.2) is 0 Å². The molecule has 1 aromatic rings. The fraction of sp³-hybridized carbons (Fsp3) is 0.533. The average Bonchev–Trinajstić information content (AvgIpc) is 2.57. The summed E-state index contributed by atoms with van der Waals surface area (Å²) in [6.07, 6.45) is 4.07. The Morgan fingerprint density at radius 3 is 2.42 bits per heavy atom. The smallest absolute Gasteiger partial charge is 0.311 e. The number of aliphatic hydroxyl groups is 1. The maximum absolute atomic E-state index is 11.6. The average molecular weight is 327 g/mol. The van der Waals surface area contributed by atoms with Crippen LogP contribution in [0.3, 0.4) is 0 Å². The van der Waals surface area contributed by atoms with Crippen LogP contribution in [0.1, 0.15) is 43.6 Å². The predicted molar refractivity (Wildman–Crippen MR) is 77.1 cm³/mol. The van der Waals surface area contributed by atoms with E-state index in [9.17, 15) is 15.0 Å². The predicted octanol–water partition coefficient (Wildman–Crippen LogP) is 3.56. The van der Waals surface area contributed by atoms with Crippen molar-refractivity contribution in [2.24, 2.45) is 5.92 Å². The van der Waals surface area contributed by atoms with Crippen LogP contribution >= 0.6 is 15.9 Å². The summed E-state index contributed by atoms with van der Waals surface area (Å²) in [6, 6.07) is 7.38. The van der Waals surface area contributed by atoms with Gasteiger partial charge >= 0.3 is 5.97 Å². The van der Waals surface area contributed by atoms with E-state index in [-0.39, 0.29) is 5.92 Å². The SMILES string of the molecule is O=C(O)C(c1ccc(Br)cc1)C1CCCCCC1O. The molecule has 1 aliphatic carbocycles. The first kappa shape index (κ1) is 14.5. The van der Waals surface area contributed by atoms with Gasteiger partial charge in [0.1, 0.15) is 0 Å². The molecule has 3 nitrogen and oxygen atoms in total. The number of hydrogen-bond acceptors (Lipinski definition) is 2. The molecular weight excluding hydrogens is 308 g/mol. The van der Waals surface area contributed by atoms with Crippen molar-refractivity contribution in [1.82, 2.24) is 0 Å². The van der Waals surface area contributed by atoms with Crippen LogP contribution in [0, 0.1) is 5.92 Å². The zero-order valence-corrected chi connectivity index (χ0v) is 12.3. The number of benzene rings is 1. The highest BCUT2D eigenvalue weighted by molar-refractivity contribution is 9.10. The number of halogens is 1. The van der Waals surface area contributed by atoms with Gasteiger partial charge in [0.2, 0.25) is 0 Å². The van der Waals surface area contributed by atoms with Crippen molar-refractivity contribution in [3.8, 4) is 0 Å². The largest absolute Gasteiger partial charge is 0.481 e. The summed E-state index contributed by atoms with van der Waals surface area (Å²) in [4.78, 5) is 11.6. The zero-order chi connectivity index (χ0) is 13.8. The van der Waals surface area contributed by atoms with Crippen molar-refractivity contribution in [2.45, 2.75) is 44.1 Å². The molecule has 0 saturated heterocycles. The zero-order valence-electron chi connectivity index (χ0n) is 10.8. The van der Waals surface area contributed by atoms with Crippen LogP contribution in [-0.4, -0.2) is 22.3 Å². The van der Waals surface area contributed by atoms with Gasteiger partial charge < -0.3 is 10.2 Å². The van der Waals surface area contributed by atoms with E-state index in [4.69, 9.17) is 0 Å². The molecule has 0 bridgehead atoms. The first-order chi connectivity index (χ1) is 9.09. The van der Waals surface area contributed by atoms with Crippen molar-refractivity contribution >= 4 is 21.9 Å². The first-order valence-electron chi connectivity index (χ1n) is 6.76. The van der Waals surface area contributed by atoms with Crippen LogP contribution in [0.5, 0.6) is 0 Å². The Kier molecular flexibility index (Phi) is 4.99. The van der Waals surface area contributed by atoms with Crippen molar-refractivity contribution in [3.05, 3.63) is 34.3 Å². The second-order valence-electron chi connectivity index (χ2n) is 5.24. The summed E-state index contributed by atoms with van der Waals surface area (Å²) in [6.45, 7) is 0. The number of carboxylic acids is 1. The van der Waals surface area contributed by atoms with Crippen molar-refractivity contribution in [2.75, 3.05) is 0 Å². The molecule has 0 spiro atoms. The minimum atomic E-state index is -0.840. The van der Waals surface area contributed by atoms with Crippen LogP contribution in [0.2, 0.25) is 0 Å². The molecule has 0 heterocycles. The van der Waals surface area contributed by atoms with Gasteiger partial charge in [-0.15, -0.1) is 0 Å². The van der Waals surface area contributed by atoms with E-state index in [2.05, 4.69) is 15.9 Å². The molecular formula is C15H19BrO3. The summed E-state index contributed by atoms with van der Waals surface area (Å²) >= 11 is 3.36. The van der Waals surface area contributed by atoms with Crippen molar-refractivity contribution < 1.29 is 15.0 Å². The summed E-state index contributed by atoms with van der Waals surface area (Å²) in [5.41, 5.74) is 0.779. The number of rotatable bonds is 3. The van der Waals surface area contributed by atoms with E-state index in [1.54, 1.807) is 0 Å². The molecule has 0 radical (unpaired) electrons. The Bertz CT molecular complexity index is 430. The van der Waals surface area contributed by atoms with Crippen LogP contribution in [0.15, 0.2) is 28.7 Å². The Morgan fingerprint density at radius 2 is 1.79 bits per heavy atom. The maximum atomic E-state index is 11.6. The molecule has 2 rings (SSSR count). The maximum Gasteiger partial charge on any atom is 0.311 e. The lowest BCUT2D eigenvalue weighted by Crippen LogP contribution is -2.30. The van der Waals surface area contributed by atoms with Gasteiger partial charge in [-0.25, -0.2) is 0 Å². The summed E-state index contributed by atoms with van der Waals surface area (Å²) in [7, 11) is 0. The molecule has 2 N–H and O–H groups in total. The highest BCUT2D eigenvalue weighted by atomic mass is 79.9. The minimum absolute atomic E-state index is 0.179. The van der Waals surface area contributed by atoms with Crippen LogP contribution in [-0.2, 0) is 4.79 Å². The molecule has 1 aliphatic rings. The molecule has 1 saturated carbocycles. The number of aliphatic carboxylic acids is 1. The van der Waals surface area contributed by atoms with E-state index in [1.165, 1.54) is 0 Å². The summed E-state index contributed by atoms with van der Waals surface area (Å²) in [5, 5.41) is 19.7. The highest BCUT2D eigenvalue weighted by Gasteiger charge is 2.35. The second kappa shape index (κ2) is 6.53. The Morgan fingerprint density at radius 1 is 1.16 bits per heavy atom. The van der Waals surface area contributed by atoms with Crippen LogP contribution in [0.25, 0.3) is 0 Å². The molecule has 4 heteroatoms. The third-order valence-corrected chi connectivity index (χ3v) is 4.48. The normalized spacial score (nSPS) is 25.6. The lowest BCUT2D eigenvalue weighted by molar-refractivity contribution is -0.141. The number of carbonyl (C=O) groups is 1. The molecule has 0 aliphatic heterocycles. The van der Waals surface area contributed by atoms with E-state index in [0.717, 1.165) is 35.7 Å². The van der Waals surface area contributed by atoms with Gasteiger partial charge in [-0.05, 0) is 30.5 Å². The second-order valence-corrected chi connectivity index (χ2v) is 6.15. The number of hydrogen-bond donors (Lipinski definition) is 2. The van der Waals surface area contributed by atoms with E-state index < -0.39 is 18.0 Å². The summed E-state index contributed by atoms with van der Waals surface area (Å²) < 4.78 is 0.932. The topological polar surface area (TPSA) is 57.5 Å². The molecule has 0 aromatic heterocycles. The Balaban J connectivity index is 2.28. The molecule has 3 atom stereocenters.